The first-order chi connectivity index (χ1) is 10.5. The van der Waals surface area contributed by atoms with Crippen LogP contribution in [0.4, 0.5) is 10.1 Å². The van der Waals surface area contributed by atoms with Gasteiger partial charge in [0.05, 0.1) is 17.6 Å². The van der Waals surface area contributed by atoms with Crippen molar-refractivity contribution in [3.05, 3.63) is 52.0 Å². The van der Waals surface area contributed by atoms with Gasteiger partial charge in [-0.2, -0.15) is 5.26 Å². The molecule has 0 saturated heterocycles. The first-order valence-corrected chi connectivity index (χ1v) is 7.06. The number of nitrogens with zero attached hydrogens (tertiary/aromatic N) is 2. The summed E-state index contributed by atoms with van der Waals surface area (Å²) >= 11 is 1.08. The van der Waals surface area contributed by atoms with Crippen molar-refractivity contribution in [3.8, 4) is 6.07 Å². The number of ether oxygens (including phenoxy) is 1. The van der Waals surface area contributed by atoms with Crippen LogP contribution < -0.4 is 4.90 Å². The molecule has 5 nitrogen and oxygen atoms in total. The summed E-state index contributed by atoms with van der Waals surface area (Å²) in [5.74, 6) is -1.65. The maximum absolute atomic E-state index is 13.4. The summed E-state index contributed by atoms with van der Waals surface area (Å²) in [5, 5.41) is 10.4. The molecule has 0 fully saturated rings. The Hall–Kier alpha value is -2.72. The fourth-order valence-corrected chi connectivity index (χ4v) is 2.54. The van der Waals surface area contributed by atoms with E-state index in [9.17, 15) is 14.0 Å². The molecule has 1 amide bonds. The molecule has 1 heterocycles. The van der Waals surface area contributed by atoms with E-state index in [2.05, 4.69) is 4.74 Å². The number of thiophene rings is 1. The van der Waals surface area contributed by atoms with Crippen LogP contribution in [0.15, 0.2) is 35.7 Å². The Labute approximate surface area is 130 Å². The Morgan fingerprint density at radius 2 is 2.18 bits per heavy atom. The average molecular weight is 318 g/mol. The Balaban J connectivity index is 2.37. The zero-order valence-corrected chi connectivity index (χ0v) is 12.4. The second-order valence-electron chi connectivity index (χ2n) is 4.26. The topological polar surface area (TPSA) is 70.4 Å². The molecule has 1 aromatic heterocycles. The van der Waals surface area contributed by atoms with E-state index in [-0.39, 0.29) is 17.1 Å². The van der Waals surface area contributed by atoms with Crippen LogP contribution in [0, 0.1) is 17.1 Å². The van der Waals surface area contributed by atoms with Crippen LogP contribution in [0.1, 0.15) is 15.2 Å². The predicted molar refractivity (Wildman–Crippen MR) is 79.1 cm³/mol. The van der Waals surface area contributed by atoms with Gasteiger partial charge in [0, 0.05) is 11.1 Å². The third kappa shape index (κ3) is 3.48. The number of amides is 1. The monoisotopic (exact) mass is 318 g/mol. The van der Waals surface area contributed by atoms with E-state index >= 15 is 0 Å². The van der Waals surface area contributed by atoms with E-state index in [1.165, 1.54) is 36.8 Å². The smallest absolute Gasteiger partial charge is 0.325 e. The lowest BCUT2D eigenvalue weighted by atomic mass is 10.2. The third-order valence-electron chi connectivity index (χ3n) is 2.82. The molecule has 0 N–H and O–H groups in total. The van der Waals surface area contributed by atoms with Crippen molar-refractivity contribution < 1.29 is 18.7 Å². The minimum atomic E-state index is -0.630. The number of carbonyl (C=O) groups excluding carboxylic acids is 2. The SMILES string of the molecule is COC(=O)CN(C(=O)c1cc(C#N)cs1)c1cccc(F)c1. The lowest BCUT2D eigenvalue weighted by Crippen LogP contribution is -2.36. The molecule has 0 bridgehead atoms. The molecule has 0 aliphatic heterocycles. The standard InChI is InChI=1S/C15H11FN2O3S/c1-21-14(19)8-18(12-4-2-3-11(16)6-12)15(20)13-5-10(7-17)9-22-13/h2-6,9H,8H2,1H3. The van der Waals surface area contributed by atoms with E-state index in [0.29, 0.717) is 5.56 Å². The van der Waals surface area contributed by atoms with Gasteiger partial charge in [0.2, 0.25) is 0 Å². The maximum atomic E-state index is 13.4. The zero-order valence-electron chi connectivity index (χ0n) is 11.6. The van der Waals surface area contributed by atoms with Gasteiger partial charge in [-0.05, 0) is 24.3 Å². The van der Waals surface area contributed by atoms with Crippen molar-refractivity contribution in [1.82, 2.24) is 0 Å². The van der Waals surface area contributed by atoms with Crippen LogP contribution in [-0.4, -0.2) is 25.5 Å². The number of nitriles is 1. The van der Waals surface area contributed by atoms with Crippen LogP contribution in [0.2, 0.25) is 0 Å². The number of methoxy groups -OCH3 is 1. The third-order valence-corrected chi connectivity index (χ3v) is 3.74. The second kappa shape index (κ2) is 6.83. The number of benzene rings is 1. The van der Waals surface area contributed by atoms with Gasteiger partial charge in [-0.3, -0.25) is 14.5 Å². The molecule has 0 unspecified atom stereocenters. The normalized spacial score (nSPS) is 9.86. The van der Waals surface area contributed by atoms with Crippen LogP contribution in [0.25, 0.3) is 0 Å². The number of rotatable bonds is 4. The molecule has 0 aliphatic rings. The van der Waals surface area contributed by atoms with Crippen LogP contribution in [0.3, 0.4) is 0 Å². The average Bonchev–Trinajstić information content (AvgIpc) is 3.00. The molecule has 0 radical (unpaired) electrons. The van der Waals surface area contributed by atoms with E-state index in [4.69, 9.17) is 5.26 Å². The van der Waals surface area contributed by atoms with Crippen LogP contribution >= 0.6 is 11.3 Å². The summed E-state index contributed by atoms with van der Waals surface area (Å²) in [4.78, 5) is 25.4. The summed E-state index contributed by atoms with van der Waals surface area (Å²) in [6.45, 7) is -0.349. The molecular formula is C15H11FN2O3S. The molecule has 0 atom stereocenters. The molecule has 0 aliphatic carbocycles. The molecule has 2 rings (SSSR count). The van der Waals surface area contributed by atoms with Gasteiger partial charge in [-0.25, -0.2) is 4.39 Å². The molecule has 22 heavy (non-hydrogen) atoms. The van der Waals surface area contributed by atoms with Gasteiger partial charge in [-0.15, -0.1) is 11.3 Å². The van der Waals surface area contributed by atoms with Gasteiger partial charge in [0.25, 0.3) is 5.91 Å². The molecule has 2 aromatic rings. The van der Waals surface area contributed by atoms with Gasteiger partial charge < -0.3 is 4.74 Å². The maximum Gasteiger partial charge on any atom is 0.325 e. The van der Waals surface area contributed by atoms with Crippen molar-refractivity contribution in [2.24, 2.45) is 0 Å². The first-order valence-electron chi connectivity index (χ1n) is 6.18. The van der Waals surface area contributed by atoms with Crippen molar-refractivity contribution in [1.29, 1.82) is 5.26 Å². The Morgan fingerprint density at radius 3 is 2.77 bits per heavy atom. The lowest BCUT2D eigenvalue weighted by Gasteiger charge is -2.21. The lowest BCUT2D eigenvalue weighted by molar-refractivity contribution is -0.138. The largest absolute Gasteiger partial charge is 0.468 e. The summed E-state index contributed by atoms with van der Waals surface area (Å²) < 4.78 is 17.9. The Bertz CT molecular complexity index is 751. The van der Waals surface area contributed by atoms with E-state index < -0.39 is 17.7 Å². The summed E-state index contributed by atoms with van der Waals surface area (Å²) in [7, 11) is 1.20. The summed E-state index contributed by atoms with van der Waals surface area (Å²) in [6, 6.07) is 8.71. The summed E-state index contributed by atoms with van der Waals surface area (Å²) in [5.41, 5.74) is 0.591. The van der Waals surface area contributed by atoms with Crippen LogP contribution in [0.5, 0.6) is 0 Å². The van der Waals surface area contributed by atoms with Crippen molar-refractivity contribution in [2.45, 2.75) is 0 Å². The molecule has 112 valence electrons. The minimum absolute atomic E-state index is 0.238. The predicted octanol–water partition coefficient (Wildman–Crippen LogP) is 2.58. The first kappa shape index (κ1) is 15.7. The summed E-state index contributed by atoms with van der Waals surface area (Å²) in [6.07, 6.45) is 0. The number of carbonyl (C=O) groups is 2. The highest BCUT2D eigenvalue weighted by Gasteiger charge is 2.23. The number of halogens is 1. The van der Waals surface area contributed by atoms with E-state index in [0.717, 1.165) is 22.3 Å². The number of hydrogen-bond acceptors (Lipinski definition) is 5. The second-order valence-corrected chi connectivity index (χ2v) is 5.17. The number of hydrogen-bond donors (Lipinski definition) is 0. The molecule has 1 aromatic carbocycles. The van der Waals surface area contributed by atoms with Crippen molar-refractivity contribution in [3.63, 3.8) is 0 Å². The number of anilines is 1. The molecular weight excluding hydrogens is 307 g/mol. The van der Waals surface area contributed by atoms with E-state index in [1.807, 2.05) is 6.07 Å². The fraction of sp³-hybridized carbons (Fsp3) is 0.133. The van der Waals surface area contributed by atoms with Crippen molar-refractivity contribution >= 4 is 28.9 Å². The zero-order chi connectivity index (χ0) is 16.1. The molecule has 0 saturated carbocycles. The highest BCUT2D eigenvalue weighted by Crippen LogP contribution is 2.22. The molecule has 0 spiro atoms. The van der Waals surface area contributed by atoms with Crippen molar-refractivity contribution in [2.75, 3.05) is 18.6 Å². The minimum Gasteiger partial charge on any atom is -0.468 e. The van der Waals surface area contributed by atoms with Gasteiger partial charge >= 0.3 is 5.97 Å². The highest BCUT2D eigenvalue weighted by molar-refractivity contribution is 7.12. The van der Waals surface area contributed by atoms with E-state index in [1.54, 1.807) is 0 Å². The Kier molecular flexibility index (Phi) is 4.86. The van der Waals surface area contributed by atoms with Gasteiger partial charge in [0.1, 0.15) is 18.4 Å². The van der Waals surface area contributed by atoms with Gasteiger partial charge in [0.15, 0.2) is 0 Å². The number of esters is 1. The quantitative estimate of drug-likeness (QED) is 0.812. The highest BCUT2D eigenvalue weighted by atomic mass is 32.1. The molecule has 7 heteroatoms. The Morgan fingerprint density at radius 1 is 1.41 bits per heavy atom. The van der Waals surface area contributed by atoms with Gasteiger partial charge in [-0.1, -0.05) is 6.07 Å². The fourth-order valence-electron chi connectivity index (χ4n) is 1.76. The van der Waals surface area contributed by atoms with Crippen LogP contribution in [-0.2, 0) is 9.53 Å².